The molecule has 4 heteroatoms. The second-order valence-electron chi connectivity index (χ2n) is 4.23. The zero-order chi connectivity index (χ0) is 12.5. The van der Waals surface area contributed by atoms with Gasteiger partial charge in [-0.1, -0.05) is 24.3 Å². The molecule has 90 valence electrons. The number of nitrogens with two attached hydrogens (primary N) is 1. The Kier molecular flexibility index (Phi) is 2.57. The van der Waals surface area contributed by atoms with E-state index in [4.69, 9.17) is 5.73 Å². The molecule has 0 atom stereocenters. The van der Waals surface area contributed by atoms with Crippen molar-refractivity contribution in [2.24, 2.45) is 5.73 Å². The lowest BCUT2D eigenvalue weighted by Gasteiger charge is -2.03. The van der Waals surface area contributed by atoms with Gasteiger partial charge >= 0.3 is 0 Å². The largest absolute Gasteiger partial charge is 0.326 e. The quantitative estimate of drug-likeness (QED) is 0.744. The Balaban J connectivity index is 2.32. The van der Waals surface area contributed by atoms with Gasteiger partial charge in [0.05, 0.1) is 5.69 Å². The van der Waals surface area contributed by atoms with E-state index in [9.17, 15) is 0 Å². The molecule has 0 spiro atoms. The standard InChI is InChI=1S/C14H14N4/c1-10-5-2-3-6-11(10)13-12(9-15)14-16-7-4-8-18(14)17-13/h2-8H,9,15H2,1H3. The maximum Gasteiger partial charge on any atom is 0.160 e. The molecule has 0 aliphatic heterocycles. The van der Waals surface area contributed by atoms with E-state index in [2.05, 4.69) is 29.1 Å². The van der Waals surface area contributed by atoms with Gasteiger partial charge in [-0.2, -0.15) is 5.10 Å². The molecule has 2 N–H and O–H groups in total. The molecule has 2 aromatic heterocycles. The number of aryl methyl sites for hydroxylation is 1. The van der Waals surface area contributed by atoms with Crippen molar-refractivity contribution in [3.8, 4) is 11.3 Å². The Hall–Kier alpha value is -2.20. The van der Waals surface area contributed by atoms with E-state index in [1.807, 2.05) is 24.4 Å². The summed E-state index contributed by atoms with van der Waals surface area (Å²) in [6.07, 6.45) is 3.65. The van der Waals surface area contributed by atoms with Gasteiger partial charge in [0.15, 0.2) is 5.65 Å². The third-order valence-electron chi connectivity index (χ3n) is 3.09. The van der Waals surface area contributed by atoms with Gasteiger partial charge in [-0.05, 0) is 18.6 Å². The molecule has 0 radical (unpaired) electrons. The normalized spacial score (nSPS) is 11.0. The van der Waals surface area contributed by atoms with Crippen LogP contribution in [0.25, 0.3) is 16.9 Å². The average molecular weight is 238 g/mol. The smallest absolute Gasteiger partial charge is 0.160 e. The molecule has 2 heterocycles. The van der Waals surface area contributed by atoms with Crippen molar-refractivity contribution in [2.75, 3.05) is 0 Å². The third kappa shape index (κ3) is 1.58. The van der Waals surface area contributed by atoms with Crippen LogP contribution in [-0.4, -0.2) is 14.6 Å². The number of hydrogen-bond donors (Lipinski definition) is 1. The van der Waals surface area contributed by atoms with E-state index in [1.54, 1.807) is 10.7 Å². The summed E-state index contributed by atoms with van der Waals surface area (Å²) in [6.45, 7) is 2.51. The molecule has 18 heavy (non-hydrogen) atoms. The van der Waals surface area contributed by atoms with Gasteiger partial charge in [-0.15, -0.1) is 0 Å². The van der Waals surface area contributed by atoms with Crippen molar-refractivity contribution >= 4 is 5.65 Å². The van der Waals surface area contributed by atoms with E-state index in [1.165, 1.54) is 5.56 Å². The van der Waals surface area contributed by atoms with E-state index >= 15 is 0 Å². The summed E-state index contributed by atoms with van der Waals surface area (Å²) < 4.78 is 1.78. The van der Waals surface area contributed by atoms with Gasteiger partial charge in [-0.3, -0.25) is 0 Å². The summed E-state index contributed by atoms with van der Waals surface area (Å²) in [5, 5.41) is 4.59. The van der Waals surface area contributed by atoms with Gasteiger partial charge < -0.3 is 5.73 Å². The molecule has 0 bridgehead atoms. The highest BCUT2D eigenvalue weighted by Crippen LogP contribution is 2.27. The summed E-state index contributed by atoms with van der Waals surface area (Å²) in [6, 6.07) is 10.0. The maximum atomic E-state index is 5.86. The molecule has 0 amide bonds. The molecule has 0 unspecified atom stereocenters. The molecule has 0 aliphatic rings. The van der Waals surface area contributed by atoms with Gasteiger partial charge in [0.2, 0.25) is 0 Å². The van der Waals surface area contributed by atoms with Crippen LogP contribution in [0.4, 0.5) is 0 Å². The first kappa shape index (κ1) is 10.9. The molecule has 0 saturated heterocycles. The highest BCUT2D eigenvalue weighted by Gasteiger charge is 2.14. The minimum Gasteiger partial charge on any atom is -0.326 e. The highest BCUT2D eigenvalue weighted by molar-refractivity contribution is 5.72. The zero-order valence-corrected chi connectivity index (χ0v) is 10.2. The first-order chi connectivity index (χ1) is 8.81. The van der Waals surface area contributed by atoms with Crippen LogP contribution < -0.4 is 5.73 Å². The molecule has 1 aromatic carbocycles. The van der Waals surface area contributed by atoms with Crippen molar-refractivity contribution in [3.05, 3.63) is 53.9 Å². The van der Waals surface area contributed by atoms with Crippen molar-refractivity contribution in [3.63, 3.8) is 0 Å². The summed E-state index contributed by atoms with van der Waals surface area (Å²) in [5.74, 6) is 0. The Labute approximate surface area is 105 Å². The Morgan fingerprint density at radius 2 is 2.06 bits per heavy atom. The molecule has 4 nitrogen and oxygen atoms in total. The molecule has 3 aromatic rings. The number of rotatable bonds is 2. The summed E-state index contributed by atoms with van der Waals surface area (Å²) in [4.78, 5) is 4.35. The van der Waals surface area contributed by atoms with Crippen LogP contribution in [0.3, 0.4) is 0 Å². The second kappa shape index (κ2) is 4.23. The van der Waals surface area contributed by atoms with Gasteiger partial charge in [0.25, 0.3) is 0 Å². The summed E-state index contributed by atoms with van der Waals surface area (Å²) in [7, 11) is 0. The van der Waals surface area contributed by atoms with E-state index < -0.39 is 0 Å². The number of fused-ring (bicyclic) bond motifs is 1. The maximum absolute atomic E-state index is 5.86. The van der Waals surface area contributed by atoms with E-state index in [-0.39, 0.29) is 0 Å². The Morgan fingerprint density at radius 3 is 2.83 bits per heavy atom. The monoisotopic (exact) mass is 238 g/mol. The molecular formula is C14H14N4. The molecule has 3 rings (SSSR count). The molecule has 0 saturated carbocycles. The minimum absolute atomic E-state index is 0.435. The van der Waals surface area contributed by atoms with Crippen molar-refractivity contribution in [2.45, 2.75) is 13.5 Å². The average Bonchev–Trinajstić information content (AvgIpc) is 2.77. The molecule has 0 fully saturated rings. The third-order valence-corrected chi connectivity index (χ3v) is 3.09. The van der Waals surface area contributed by atoms with Crippen LogP contribution >= 0.6 is 0 Å². The minimum atomic E-state index is 0.435. The fraction of sp³-hybridized carbons (Fsp3) is 0.143. The van der Waals surface area contributed by atoms with Crippen LogP contribution in [0.5, 0.6) is 0 Å². The van der Waals surface area contributed by atoms with Crippen LogP contribution in [0.15, 0.2) is 42.7 Å². The topological polar surface area (TPSA) is 56.2 Å². The lowest BCUT2D eigenvalue weighted by molar-refractivity contribution is 0.942. The second-order valence-corrected chi connectivity index (χ2v) is 4.23. The van der Waals surface area contributed by atoms with Crippen LogP contribution in [0.1, 0.15) is 11.1 Å². The van der Waals surface area contributed by atoms with Gasteiger partial charge in [0.1, 0.15) is 0 Å². The SMILES string of the molecule is Cc1ccccc1-c1nn2cccnc2c1CN. The van der Waals surface area contributed by atoms with Crippen LogP contribution in [0, 0.1) is 6.92 Å². The van der Waals surface area contributed by atoms with Gasteiger partial charge in [0, 0.05) is 30.1 Å². The lowest BCUT2D eigenvalue weighted by atomic mass is 10.0. The predicted molar refractivity (Wildman–Crippen MR) is 71.1 cm³/mol. The van der Waals surface area contributed by atoms with E-state index in [0.29, 0.717) is 6.54 Å². The number of benzene rings is 1. The zero-order valence-electron chi connectivity index (χ0n) is 10.2. The first-order valence-corrected chi connectivity index (χ1v) is 5.89. The first-order valence-electron chi connectivity index (χ1n) is 5.89. The fourth-order valence-electron chi connectivity index (χ4n) is 2.18. The van der Waals surface area contributed by atoms with Crippen LogP contribution in [0.2, 0.25) is 0 Å². The Morgan fingerprint density at radius 1 is 1.22 bits per heavy atom. The summed E-state index contributed by atoms with van der Waals surface area (Å²) in [5.41, 5.74) is 10.9. The fourth-order valence-corrected chi connectivity index (χ4v) is 2.18. The number of hydrogen-bond acceptors (Lipinski definition) is 3. The molecule has 0 aliphatic carbocycles. The Bertz CT molecular complexity index is 700. The van der Waals surface area contributed by atoms with Crippen LogP contribution in [-0.2, 0) is 6.54 Å². The lowest BCUT2D eigenvalue weighted by Crippen LogP contribution is -1.99. The van der Waals surface area contributed by atoms with Gasteiger partial charge in [-0.25, -0.2) is 9.50 Å². The number of aromatic nitrogens is 3. The van der Waals surface area contributed by atoms with Crippen molar-refractivity contribution < 1.29 is 0 Å². The highest BCUT2D eigenvalue weighted by atomic mass is 15.2. The predicted octanol–water partition coefficient (Wildman–Crippen LogP) is 2.16. The van der Waals surface area contributed by atoms with Crippen molar-refractivity contribution in [1.29, 1.82) is 0 Å². The van der Waals surface area contributed by atoms with Crippen molar-refractivity contribution in [1.82, 2.24) is 14.6 Å². The number of nitrogens with zero attached hydrogens (tertiary/aromatic N) is 3. The van der Waals surface area contributed by atoms with E-state index in [0.717, 1.165) is 22.5 Å². The summed E-state index contributed by atoms with van der Waals surface area (Å²) >= 11 is 0. The molecular weight excluding hydrogens is 224 g/mol.